The fourth-order valence-corrected chi connectivity index (χ4v) is 2.28. The molecule has 3 heteroatoms. The monoisotopic (exact) mass is 304 g/mol. The van der Waals surface area contributed by atoms with Gasteiger partial charge < -0.3 is 0 Å². The van der Waals surface area contributed by atoms with Gasteiger partial charge in [-0.25, -0.2) is 4.39 Å². The van der Waals surface area contributed by atoms with E-state index in [2.05, 4.69) is 10.5 Å². The van der Waals surface area contributed by atoms with E-state index in [0.717, 1.165) is 22.4 Å². The number of anilines is 1. The average Bonchev–Trinajstić information content (AvgIpc) is 2.59. The highest BCUT2D eigenvalue weighted by Gasteiger charge is 2.01. The first-order valence-corrected chi connectivity index (χ1v) is 7.43. The van der Waals surface area contributed by atoms with Gasteiger partial charge in [0.1, 0.15) is 5.82 Å². The topological polar surface area (TPSA) is 24.4 Å². The molecule has 3 aromatic carbocycles. The summed E-state index contributed by atoms with van der Waals surface area (Å²) < 4.78 is 13.3. The third-order valence-electron chi connectivity index (χ3n) is 3.58. The average molecular weight is 304 g/mol. The van der Waals surface area contributed by atoms with Crippen LogP contribution >= 0.6 is 0 Å². The Morgan fingerprint density at radius 3 is 2.26 bits per heavy atom. The van der Waals surface area contributed by atoms with Crippen molar-refractivity contribution >= 4 is 11.9 Å². The zero-order valence-electron chi connectivity index (χ0n) is 12.8. The van der Waals surface area contributed by atoms with E-state index in [1.807, 2.05) is 60.7 Å². The van der Waals surface area contributed by atoms with Crippen molar-refractivity contribution in [3.8, 4) is 11.1 Å². The Hall–Kier alpha value is -2.94. The molecule has 0 radical (unpaired) electrons. The molecular formula is C20H17FN2. The summed E-state index contributed by atoms with van der Waals surface area (Å²) in [6, 6.07) is 22.9. The summed E-state index contributed by atoms with van der Waals surface area (Å²) in [6.07, 6.45) is 1.77. The minimum absolute atomic E-state index is 0.176. The van der Waals surface area contributed by atoms with E-state index in [9.17, 15) is 4.39 Å². The van der Waals surface area contributed by atoms with Crippen LogP contribution in [0, 0.1) is 12.7 Å². The Balaban J connectivity index is 1.70. The van der Waals surface area contributed by atoms with E-state index in [0.29, 0.717) is 5.56 Å². The maximum atomic E-state index is 13.3. The molecule has 0 aliphatic rings. The van der Waals surface area contributed by atoms with Crippen LogP contribution in [-0.4, -0.2) is 6.21 Å². The van der Waals surface area contributed by atoms with Crippen LogP contribution in [0.15, 0.2) is 77.9 Å². The Bertz CT molecular complexity index is 809. The molecule has 2 nitrogen and oxygen atoms in total. The van der Waals surface area contributed by atoms with E-state index in [4.69, 9.17) is 0 Å². The van der Waals surface area contributed by atoms with E-state index in [1.54, 1.807) is 19.2 Å². The summed E-state index contributed by atoms with van der Waals surface area (Å²) in [5.74, 6) is -0.176. The normalized spacial score (nSPS) is 10.9. The number of benzene rings is 3. The number of halogens is 1. The minimum atomic E-state index is -0.176. The van der Waals surface area contributed by atoms with Gasteiger partial charge in [0, 0.05) is 0 Å². The molecular weight excluding hydrogens is 287 g/mol. The van der Waals surface area contributed by atoms with Crippen LogP contribution in [0.25, 0.3) is 11.1 Å². The molecule has 0 aliphatic heterocycles. The smallest absolute Gasteiger partial charge is 0.126 e. The van der Waals surface area contributed by atoms with Crippen LogP contribution < -0.4 is 5.43 Å². The first kappa shape index (κ1) is 15.0. The molecule has 0 bridgehead atoms. The van der Waals surface area contributed by atoms with Crippen molar-refractivity contribution in [3.05, 3.63) is 89.7 Å². The summed E-state index contributed by atoms with van der Waals surface area (Å²) in [6.45, 7) is 1.77. The molecule has 3 rings (SSSR count). The zero-order valence-corrected chi connectivity index (χ0v) is 12.8. The molecule has 0 spiro atoms. The number of aryl methyl sites for hydroxylation is 1. The lowest BCUT2D eigenvalue weighted by Gasteiger charge is -2.04. The number of nitrogens with one attached hydrogen (secondary N) is 1. The summed E-state index contributed by atoms with van der Waals surface area (Å²) in [7, 11) is 0. The van der Waals surface area contributed by atoms with Crippen LogP contribution in [0.5, 0.6) is 0 Å². The lowest BCUT2D eigenvalue weighted by atomic mass is 10.0. The number of hydrogen-bond donors (Lipinski definition) is 1. The van der Waals surface area contributed by atoms with E-state index >= 15 is 0 Å². The second kappa shape index (κ2) is 6.88. The molecule has 0 saturated heterocycles. The standard InChI is InChI=1S/C20H17FN2/c1-15-13-18(11-12-20(15)21)17-9-7-16(8-10-17)14-22-23-19-5-3-2-4-6-19/h2-14,23H,1H3. The van der Waals surface area contributed by atoms with Gasteiger partial charge in [0.15, 0.2) is 0 Å². The van der Waals surface area contributed by atoms with Gasteiger partial charge in [-0.15, -0.1) is 0 Å². The number of para-hydroxylation sites is 1. The molecule has 23 heavy (non-hydrogen) atoms. The highest BCUT2D eigenvalue weighted by molar-refractivity contribution is 5.81. The van der Waals surface area contributed by atoms with Crippen LogP contribution in [0.3, 0.4) is 0 Å². The molecule has 0 atom stereocenters. The van der Waals surface area contributed by atoms with Crippen LogP contribution in [0.4, 0.5) is 10.1 Å². The molecule has 0 aromatic heterocycles. The second-order valence-corrected chi connectivity index (χ2v) is 5.32. The van der Waals surface area contributed by atoms with Crippen molar-refractivity contribution in [2.45, 2.75) is 6.92 Å². The lowest BCUT2D eigenvalue weighted by Crippen LogP contribution is -1.90. The van der Waals surface area contributed by atoms with Crippen LogP contribution in [0.1, 0.15) is 11.1 Å². The van der Waals surface area contributed by atoms with Crippen LogP contribution in [0.2, 0.25) is 0 Å². The van der Waals surface area contributed by atoms with E-state index < -0.39 is 0 Å². The van der Waals surface area contributed by atoms with E-state index in [1.165, 1.54) is 6.07 Å². The Kier molecular flexibility index (Phi) is 4.48. The van der Waals surface area contributed by atoms with Crippen molar-refractivity contribution in [1.29, 1.82) is 0 Å². The fraction of sp³-hybridized carbons (Fsp3) is 0.0500. The van der Waals surface area contributed by atoms with Gasteiger partial charge in [0.2, 0.25) is 0 Å². The molecule has 0 aliphatic carbocycles. The zero-order chi connectivity index (χ0) is 16.1. The Morgan fingerprint density at radius 2 is 1.57 bits per heavy atom. The second-order valence-electron chi connectivity index (χ2n) is 5.32. The molecule has 0 saturated carbocycles. The molecule has 0 heterocycles. The number of rotatable bonds is 4. The highest BCUT2D eigenvalue weighted by Crippen LogP contribution is 2.22. The van der Waals surface area contributed by atoms with Crippen molar-refractivity contribution in [2.24, 2.45) is 5.10 Å². The largest absolute Gasteiger partial charge is 0.279 e. The SMILES string of the molecule is Cc1cc(-c2ccc(C=NNc3ccccc3)cc2)ccc1F. The molecule has 1 N–H and O–H groups in total. The summed E-state index contributed by atoms with van der Waals surface area (Å²) in [4.78, 5) is 0. The first-order chi connectivity index (χ1) is 11.2. The Morgan fingerprint density at radius 1 is 0.870 bits per heavy atom. The number of nitrogens with zero attached hydrogens (tertiary/aromatic N) is 1. The van der Waals surface area contributed by atoms with Crippen molar-refractivity contribution in [1.82, 2.24) is 0 Å². The molecule has 0 unspecified atom stereocenters. The van der Waals surface area contributed by atoms with Crippen LogP contribution in [-0.2, 0) is 0 Å². The Labute approximate surface area is 135 Å². The summed E-state index contributed by atoms with van der Waals surface area (Å²) in [5.41, 5.74) is 7.64. The van der Waals surface area contributed by atoms with Crippen molar-refractivity contribution in [2.75, 3.05) is 5.43 Å². The summed E-state index contributed by atoms with van der Waals surface area (Å²) >= 11 is 0. The highest BCUT2D eigenvalue weighted by atomic mass is 19.1. The quantitative estimate of drug-likeness (QED) is 0.517. The lowest BCUT2D eigenvalue weighted by molar-refractivity contribution is 0.619. The van der Waals surface area contributed by atoms with Gasteiger partial charge in [0.25, 0.3) is 0 Å². The number of hydrazone groups is 1. The molecule has 0 fully saturated rings. The molecule has 3 aromatic rings. The van der Waals surface area contributed by atoms with Gasteiger partial charge in [-0.1, -0.05) is 48.5 Å². The predicted octanol–water partition coefficient (Wildman–Crippen LogP) is 5.25. The van der Waals surface area contributed by atoms with Gasteiger partial charge in [-0.2, -0.15) is 5.10 Å². The van der Waals surface area contributed by atoms with Crippen molar-refractivity contribution < 1.29 is 4.39 Å². The maximum absolute atomic E-state index is 13.3. The predicted molar refractivity (Wildman–Crippen MR) is 94.2 cm³/mol. The van der Waals surface area contributed by atoms with Gasteiger partial charge in [-0.05, 0) is 53.4 Å². The molecule has 0 amide bonds. The fourth-order valence-electron chi connectivity index (χ4n) is 2.28. The van der Waals surface area contributed by atoms with Gasteiger partial charge in [-0.3, -0.25) is 5.43 Å². The van der Waals surface area contributed by atoms with E-state index in [-0.39, 0.29) is 5.82 Å². The summed E-state index contributed by atoms with van der Waals surface area (Å²) in [5, 5.41) is 4.22. The molecule has 114 valence electrons. The van der Waals surface area contributed by atoms with Gasteiger partial charge >= 0.3 is 0 Å². The minimum Gasteiger partial charge on any atom is -0.279 e. The van der Waals surface area contributed by atoms with Crippen molar-refractivity contribution in [3.63, 3.8) is 0 Å². The number of hydrogen-bond acceptors (Lipinski definition) is 2. The first-order valence-electron chi connectivity index (χ1n) is 7.43. The third-order valence-corrected chi connectivity index (χ3v) is 3.58. The third kappa shape index (κ3) is 3.83. The maximum Gasteiger partial charge on any atom is 0.126 e. The van der Waals surface area contributed by atoms with Gasteiger partial charge in [0.05, 0.1) is 11.9 Å².